The van der Waals surface area contributed by atoms with Crippen LogP contribution < -0.4 is 5.32 Å². The number of amides is 1. The van der Waals surface area contributed by atoms with E-state index in [9.17, 15) is 14.0 Å². The third-order valence-electron chi connectivity index (χ3n) is 3.58. The van der Waals surface area contributed by atoms with E-state index in [2.05, 4.69) is 10.4 Å². The van der Waals surface area contributed by atoms with Crippen LogP contribution >= 0.6 is 11.6 Å². The van der Waals surface area contributed by atoms with E-state index >= 15 is 0 Å². The van der Waals surface area contributed by atoms with Crippen molar-refractivity contribution in [2.45, 2.75) is 26.9 Å². The number of nitrogens with one attached hydrogen (secondary N) is 1. The van der Waals surface area contributed by atoms with Gasteiger partial charge in [0.2, 0.25) is 0 Å². The maximum Gasteiger partial charge on any atom is 0.343 e. The van der Waals surface area contributed by atoms with Crippen molar-refractivity contribution in [3.63, 3.8) is 0 Å². The lowest BCUT2D eigenvalue weighted by molar-refractivity contribution is -0.123. The second kappa shape index (κ2) is 7.00. The Bertz CT molecular complexity index is 784. The van der Waals surface area contributed by atoms with Gasteiger partial charge in [-0.05, 0) is 32.9 Å². The summed E-state index contributed by atoms with van der Waals surface area (Å²) in [7, 11) is 1.75. The minimum Gasteiger partial charge on any atom is -0.449 e. The number of esters is 1. The van der Waals surface area contributed by atoms with Crippen LogP contribution in [0.4, 0.5) is 10.1 Å². The monoisotopic (exact) mass is 353 g/mol. The fraction of sp³-hybridized carbons (Fsp3) is 0.312. The zero-order valence-electron chi connectivity index (χ0n) is 13.7. The first-order valence-electron chi connectivity index (χ1n) is 7.18. The molecule has 0 saturated heterocycles. The highest BCUT2D eigenvalue weighted by Gasteiger charge is 2.24. The van der Waals surface area contributed by atoms with Gasteiger partial charge in [-0.15, -0.1) is 0 Å². The van der Waals surface area contributed by atoms with E-state index in [1.807, 2.05) is 0 Å². The number of rotatable bonds is 4. The van der Waals surface area contributed by atoms with Crippen LogP contribution in [0.2, 0.25) is 5.02 Å². The fourth-order valence-corrected chi connectivity index (χ4v) is 2.39. The van der Waals surface area contributed by atoms with Crippen molar-refractivity contribution in [1.82, 2.24) is 9.78 Å². The van der Waals surface area contributed by atoms with Gasteiger partial charge >= 0.3 is 5.97 Å². The molecule has 0 aliphatic rings. The molecule has 0 unspecified atom stereocenters. The molecule has 24 heavy (non-hydrogen) atoms. The Labute approximate surface area is 143 Å². The molecule has 8 heteroatoms. The standard InChI is InChI=1S/C16H17ClFN3O3/c1-8-14(9(2)21(4)20-8)19-15(22)10(3)24-16(23)13-11(17)6-5-7-12(13)18/h5-7,10H,1-4H3,(H,19,22)/t10-/m0/s1. The molecule has 0 radical (unpaired) electrons. The molecular formula is C16H17ClFN3O3. The molecule has 0 aliphatic heterocycles. The number of aromatic nitrogens is 2. The van der Waals surface area contributed by atoms with Gasteiger partial charge in [-0.1, -0.05) is 17.7 Å². The molecule has 1 atom stereocenters. The molecule has 2 aromatic rings. The Hall–Kier alpha value is -2.41. The molecule has 1 heterocycles. The average Bonchev–Trinajstić information content (AvgIpc) is 2.73. The Morgan fingerprint density at radius 3 is 2.58 bits per heavy atom. The van der Waals surface area contributed by atoms with E-state index in [1.54, 1.807) is 25.6 Å². The summed E-state index contributed by atoms with van der Waals surface area (Å²) in [5.41, 5.74) is 1.55. The van der Waals surface area contributed by atoms with Crippen molar-refractivity contribution >= 4 is 29.2 Å². The zero-order chi connectivity index (χ0) is 18.0. The van der Waals surface area contributed by atoms with E-state index in [4.69, 9.17) is 16.3 Å². The SMILES string of the molecule is Cc1nn(C)c(C)c1NC(=O)[C@H](C)OC(=O)c1c(F)cccc1Cl. The van der Waals surface area contributed by atoms with Gasteiger partial charge in [0.15, 0.2) is 6.10 Å². The third-order valence-corrected chi connectivity index (χ3v) is 3.89. The molecule has 1 aromatic heterocycles. The van der Waals surface area contributed by atoms with Crippen LogP contribution in [0.25, 0.3) is 0 Å². The van der Waals surface area contributed by atoms with Gasteiger partial charge in [0.05, 0.1) is 22.1 Å². The van der Waals surface area contributed by atoms with E-state index in [-0.39, 0.29) is 5.02 Å². The molecule has 0 spiro atoms. The number of aryl methyl sites for hydroxylation is 2. The molecule has 1 N–H and O–H groups in total. The molecule has 2 rings (SSSR count). The Balaban J connectivity index is 2.10. The lowest BCUT2D eigenvalue weighted by Gasteiger charge is -2.14. The van der Waals surface area contributed by atoms with Crippen LogP contribution in [0.5, 0.6) is 0 Å². The quantitative estimate of drug-likeness (QED) is 0.857. The number of hydrogen-bond donors (Lipinski definition) is 1. The first kappa shape index (κ1) is 17.9. The number of nitrogens with zero attached hydrogens (tertiary/aromatic N) is 2. The Kier molecular flexibility index (Phi) is 5.23. The number of benzene rings is 1. The van der Waals surface area contributed by atoms with Gasteiger partial charge in [0, 0.05) is 7.05 Å². The Morgan fingerprint density at radius 1 is 1.38 bits per heavy atom. The highest BCUT2D eigenvalue weighted by molar-refractivity contribution is 6.33. The van der Waals surface area contributed by atoms with Crippen LogP contribution in [0.1, 0.15) is 28.7 Å². The number of hydrogen-bond acceptors (Lipinski definition) is 4. The molecule has 1 aromatic carbocycles. The molecule has 0 aliphatic carbocycles. The van der Waals surface area contributed by atoms with Crippen molar-refractivity contribution in [3.8, 4) is 0 Å². The highest BCUT2D eigenvalue weighted by atomic mass is 35.5. The van der Waals surface area contributed by atoms with Crippen LogP contribution in [-0.2, 0) is 16.6 Å². The number of halogens is 2. The smallest absolute Gasteiger partial charge is 0.343 e. The van der Waals surface area contributed by atoms with Crippen molar-refractivity contribution in [3.05, 3.63) is 46.0 Å². The zero-order valence-corrected chi connectivity index (χ0v) is 14.4. The topological polar surface area (TPSA) is 73.2 Å². The van der Waals surface area contributed by atoms with Crippen LogP contribution in [0, 0.1) is 19.7 Å². The normalized spacial score (nSPS) is 11.9. The van der Waals surface area contributed by atoms with E-state index in [0.717, 1.165) is 11.8 Å². The summed E-state index contributed by atoms with van der Waals surface area (Å²) >= 11 is 5.81. The molecule has 0 saturated carbocycles. The molecule has 128 valence electrons. The van der Waals surface area contributed by atoms with Crippen molar-refractivity contribution in [2.24, 2.45) is 7.05 Å². The molecular weight excluding hydrogens is 337 g/mol. The van der Waals surface area contributed by atoms with Gasteiger partial charge < -0.3 is 10.1 Å². The van der Waals surface area contributed by atoms with E-state index in [0.29, 0.717) is 11.4 Å². The van der Waals surface area contributed by atoms with Crippen LogP contribution in [-0.4, -0.2) is 27.8 Å². The van der Waals surface area contributed by atoms with E-state index in [1.165, 1.54) is 19.1 Å². The lowest BCUT2D eigenvalue weighted by Crippen LogP contribution is -2.30. The predicted molar refractivity (Wildman–Crippen MR) is 87.6 cm³/mol. The summed E-state index contributed by atoms with van der Waals surface area (Å²) < 4.78 is 20.4. The van der Waals surface area contributed by atoms with Crippen LogP contribution in [0.3, 0.4) is 0 Å². The van der Waals surface area contributed by atoms with Gasteiger partial charge in [0.25, 0.3) is 5.91 Å². The summed E-state index contributed by atoms with van der Waals surface area (Å²) in [5.74, 6) is -2.35. The fourth-order valence-electron chi connectivity index (χ4n) is 2.15. The maximum absolute atomic E-state index is 13.7. The second-order valence-corrected chi connectivity index (χ2v) is 5.71. The molecule has 0 fully saturated rings. The molecule has 6 nitrogen and oxygen atoms in total. The molecule has 1 amide bonds. The number of anilines is 1. The summed E-state index contributed by atoms with van der Waals surface area (Å²) in [6, 6.07) is 3.84. The van der Waals surface area contributed by atoms with Gasteiger partial charge in [-0.25, -0.2) is 9.18 Å². The first-order chi connectivity index (χ1) is 11.2. The average molecular weight is 354 g/mol. The largest absolute Gasteiger partial charge is 0.449 e. The third kappa shape index (κ3) is 3.56. The summed E-state index contributed by atoms with van der Waals surface area (Å²) in [4.78, 5) is 24.3. The van der Waals surface area contributed by atoms with Crippen molar-refractivity contribution in [2.75, 3.05) is 5.32 Å². The molecule has 0 bridgehead atoms. The van der Waals surface area contributed by atoms with E-state index < -0.39 is 29.4 Å². The number of carbonyl (C=O) groups is 2. The second-order valence-electron chi connectivity index (χ2n) is 5.30. The predicted octanol–water partition coefficient (Wildman–Crippen LogP) is 3.01. The minimum absolute atomic E-state index is 0.0773. The first-order valence-corrected chi connectivity index (χ1v) is 7.56. The number of ether oxygens (including phenoxy) is 1. The summed E-state index contributed by atoms with van der Waals surface area (Å²) in [6.45, 7) is 4.94. The summed E-state index contributed by atoms with van der Waals surface area (Å²) in [5, 5.41) is 6.76. The van der Waals surface area contributed by atoms with Gasteiger partial charge in [-0.3, -0.25) is 9.48 Å². The Morgan fingerprint density at radius 2 is 2.04 bits per heavy atom. The lowest BCUT2D eigenvalue weighted by atomic mass is 10.2. The highest BCUT2D eigenvalue weighted by Crippen LogP contribution is 2.21. The van der Waals surface area contributed by atoms with Crippen LogP contribution in [0.15, 0.2) is 18.2 Å². The summed E-state index contributed by atoms with van der Waals surface area (Å²) in [6.07, 6.45) is -1.13. The van der Waals surface area contributed by atoms with Gasteiger partial charge in [-0.2, -0.15) is 5.10 Å². The van der Waals surface area contributed by atoms with Crippen molar-refractivity contribution < 1.29 is 18.7 Å². The number of carbonyl (C=O) groups excluding carboxylic acids is 2. The minimum atomic E-state index is -1.13. The maximum atomic E-state index is 13.7. The van der Waals surface area contributed by atoms with Gasteiger partial charge in [0.1, 0.15) is 11.4 Å². The van der Waals surface area contributed by atoms with Crippen molar-refractivity contribution in [1.29, 1.82) is 0 Å².